The molecule has 0 saturated heterocycles. The van der Waals surface area contributed by atoms with E-state index in [-0.39, 0.29) is 24.8 Å². The summed E-state index contributed by atoms with van der Waals surface area (Å²) in [5.74, 6) is -3.13. The molecule has 0 aliphatic carbocycles. The number of carboxylic acid groups (broad SMARTS) is 2. The van der Waals surface area contributed by atoms with E-state index in [1.807, 2.05) is 0 Å². The average molecular weight is 282 g/mol. The van der Waals surface area contributed by atoms with Gasteiger partial charge in [0, 0.05) is 12.6 Å². The van der Waals surface area contributed by atoms with Gasteiger partial charge in [-0.25, -0.2) is 4.79 Å². The van der Waals surface area contributed by atoms with E-state index in [4.69, 9.17) is 10.2 Å². The fourth-order valence-electron chi connectivity index (χ4n) is 1.55. The molecule has 108 valence electrons. The monoisotopic (exact) mass is 282 g/mol. The molecule has 0 aliphatic rings. The molecule has 8 heteroatoms. The number of rotatable bonds is 7. The van der Waals surface area contributed by atoms with E-state index in [1.54, 1.807) is 0 Å². The first-order valence-corrected chi connectivity index (χ1v) is 5.85. The summed E-state index contributed by atoms with van der Waals surface area (Å²) in [5, 5.41) is 19.6. The Labute approximate surface area is 113 Å². The minimum Gasteiger partial charge on any atom is -0.481 e. The van der Waals surface area contributed by atoms with E-state index in [2.05, 4.69) is 10.3 Å². The Morgan fingerprint density at radius 2 is 2.00 bits per heavy atom. The molecule has 8 nitrogen and oxygen atoms in total. The summed E-state index contributed by atoms with van der Waals surface area (Å²) in [6, 6.07) is 1.47. The molecular formula is C12H14N2O6. The molecule has 1 heterocycles. The van der Waals surface area contributed by atoms with Gasteiger partial charge < -0.3 is 20.5 Å². The van der Waals surface area contributed by atoms with Gasteiger partial charge in [-0.3, -0.25) is 14.4 Å². The van der Waals surface area contributed by atoms with Crippen LogP contribution in [-0.4, -0.2) is 39.1 Å². The molecule has 1 atom stereocenters. The van der Waals surface area contributed by atoms with E-state index >= 15 is 0 Å². The number of hydrogen-bond donors (Lipinski definition) is 4. The van der Waals surface area contributed by atoms with Gasteiger partial charge in [0.1, 0.15) is 11.6 Å². The molecule has 0 radical (unpaired) electrons. The lowest BCUT2D eigenvalue weighted by atomic mass is 10.1. The van der Waals surface area contributed by atoms with Crippen molar-refractivity contribution in [1.29, 1.82) is 0 Å². The second-order valence-corrected chi connectivity index (χ2v) is 4.06. The molecule has 0 spiro atoms. The number of carbonyl (C=O) groups is 3. The highest BCUT2D eigenvalue weighted by Crippen LogP contribution is 2.03. The van der Waals surface area contributed by atoms with Crippen LogP contribution in [-0.2, 0) is 9.59 Å². The Morgan fingerprint density at radius 3 is 2.55 bits per heavy atom. The molecule has 1 aromatic heterocycles. The van der Waals surface area contributed by atoms with Crippen LogP contribution in [0.25, 0.3) is 0 Å². The smallest absolute Gasteiger partial charge is 0.326 e. The highest BCUT2D eigenvalue weighted by atomic mass is 16.4. The molecule has 0 saturated carbocycles. The number of amides is 1. The normalized spacial score (nSPS) is 11.6. The quantitative estimate of drug-likeness (QED) is 0.547. The summed E-state index contributed by atoms with van der Waals surface area (Å²) in [5.41, 5.74) is -0.823. The van der Waals surface area contributed by atoms with Gasteiger partial charge in [-0.1, -0.05) is 0 Å². The van der Waals surface area contributed by atoms with E-state index in [9.17, 15) is 19.2 Å². The molecule has 1 amide bonds. The zero-order chi connectivity index (χ0) is 15.1. The van der Waals surface area contributed by atoms with Crippen LogP contribution in [0.4, 0.5) is 0 Å². The Kier molecular flexibility index (Phi) is 5.45. The number of pyridine rings is 1. The highest BCUT2D eigenvalue weighted by Gasteiger charge is 2.21. The van der Waals surface area contributed by atoms with E-state index < -0.39 is 29.4 Å². The van der Waals surface area contributed by atoms with Crippen molar-refractivity contribution in [2.75, 3.05) is 0 Å². The van der Waals surface area contributed by atoms with Crippen LogP contribution in [0.1, 0.15) is 29.6 Å². The minimum atomic E-state index is -1.28. The van der Waals surface area contributed by atoms with Crippen LogP contribution >= 0.6 is 0 Å². The first kappa shape index (κ1) is 15.4. The standard InChI is InChI=1S/C12H14N2O6/c15-9(16)5-1-4-8(12(19)20)14-11(18)7-3-2-6-13-10(7)17/h2-3,6,8H,1,4-5H2,(H,13,17)(H,14,18)(H,15,16)(H,19,20)/t8-/m1/s1. The van der Waals surface area contributed by atoms with Crippen molar-refractivity contribution >= 4 is 17.8 Å². The van der Waals surface area contributed by atoms with Crippen LogP contribution in [0.3, 0.4) is 0 Å². The molecule has 0 fully saturated rings. The van der Waals surface area contributed by atoms with Crippen molar-refractivity contribution in [3.8, 4) is 0 Å². The zero-order valence-electron chi connectivity index (χ0n) is 10.5. The average Bonchev–Trinajstić information content (AvgIpc) is 2.37. The minimum absolute atomic E-state index is 0.0297. The van der Waals surface area contributed by atoms with Crippen LogP contribution < -0.4 is 10.9 Å². The third-order valence-electron chi connectivity index (χ3n) is 2.55. The summed E-state index contributed by atoms with van der Waals surface area (Å²) >= 11 is 0. The van der Waals surface area contributed by atoms with E-state index in [0.717, 1.165) is 0 Å². The van der Waals surface area contributed by atoms with Gasteiger partial charge in [-0.05, 0) is 25.0 Å². The maximum atomic E-state index is 11.8. The predicted octanol–water partition coefficient (Wildman–Crippen LogP) is -0.187. The molecule has 4 N–H and O–H groups in total. The van der Waals surface area contributed by atoms with Crippen molar-refractivity contribution in [2.24, 2.45) is 0 Å². The van der Waals surface area contributed by atoms with Gasteiger partial charge in [0.05, 0.1) is 0 Å². The summed E-state index contributed by atoms with van der Waals surface area (Å²) in [6.45, 7) is 0. The molecule has 20 heavy (non-hydrogen) atoms. The molecule has 0 bridgehead atoms. The number of aliphatic carboxylic acids is 2. The molecule has 0 aromatic carbocycles. The van der Waals surface area contributed by atoms with Gasteiger partial charge in [-0.2, -0.15) is 0 Å². The fourth-order valence-corrected chi connectivity index (χ4v) is 1.55. The molecule has 1 rings (SSSR count). The highest BCUT2D eigenvalue weighted by molar-refractivity contribution is 5.96. The van der Waals surface area contributed by atoms with Crippen LogP contribution in [0.15, 0.2) is 23.1 Å². The number of aromatic amines is 1. The van der Waals surface area contributed by atoms with Crippen molar-refractivity contribution in [3.63, 3.8) is 0 Å². The predicted molar refractivity (Wildman–Crippen MR) is 67.4 cm³/mol. The van der Waals surface area contributed by atoms with Gasteiger partial charge in [0.15, 0.2) is 0 Å². The topological polar surface area (TPSA) is 137 Å². The Morgan fingerprint density at radius 1 is 1.30 bits per heavy atom. The number of hydrogen-bond acceptors (Lipinski definition) is 4. The second kappa shape index (κ2) is 7.07. The Balaban J connectivity index is 2.69. The van der Waals surface area contributed by atoms with Crippen molar-refractivity contribution < 1.29 is 24.6 Å². The van der Waals surface area contributed by atoms with Crippen molar-refractivity contribution in [3.05, 3.63) is 34.2 Å². The first-order valence-electron chi connectivity index (χ1n) is 5.85. The lowest BCUT2D eigenvalue weighted by Crippen LogP contribution is -2.42. The molecule has 0 unspecified atom stereocenters. The van der Waals surface area contributed by atoms with Gasteiger partial charge in [-0.15, -0.1) is 0 Å². The second-order valence-electron chi connectivity index (χ2n) is 4.06. The molecular weight excluding hydrogens is 268 g/mol. The Hall–Kier alpha value is -2.64. The maximum Gasteiger partial charge on any atom is 0.326 e. The van der Waals surface area contributed by atoms with Crippen LogP contribution in [0.5, 0.6) is 0 Å². The number of carbonyl (C=O) groups excluding carboxylic acids is 1. The number of nitrogens with one attached hydrogen (secondary N) is 2. The number of carboxylic acids is 2. The molecule has 0 aliphatic heterocycles. The third kappa shape index (κ3) is 4.56. The van der Waals surface area contributed by atoms with E-state index in [0.29, 0.717) is 0 Å². The van der Waals surface area contributed by atoms with Crippen LogP contribution in [0, 0.1) is 0 Å². The lowest BCUT2D eigenvalue weighted by Gasteiger charge is -2.13. The maximum absolute atomic E-state index is 11.8. The fraction of sp³-hybridized carbons (Fsp3) is 0.333. The summed E-state index contributed by atoms with van der Waals surface area (Å²) < 4.78 is 0. The first-order chi connectivity index (χ1) is 9.41. The summed E-state index contributed by atoms with van der Waals surface area (Å²) in [4.78, 5) is 46.8. The van der Waals surface area contributed by atoms with Crippen LogP contribution in [0.2, 0.25) is 0 Å². The van der Waals surface area contributed by atoms with E-state index in [1.165, 1.54) is 18.3 Å². The lowest BCUT2D eigenvalue weighted by molar-refractivity contribution is -0.140. The van der Waals surface area contributed by atoms with Crippen molar-refractivity contribution in [1.82, 2.24) is 10.3 Å². The largest absolute Gasteiger partial charge is 0.481 e. The summed E-state index contributed by atoms with van der Waals surface area (Å²) in [6.07, 6.45) is 1.24. The van der Waals surface area contributed by atoms with Gasteiger partial charge in [0.2, 0.25) is 0 Å². The SMILES string of the molecule is O=C(O)CCC[C@@H](NC(=O)c1ccc[nH]c1=O)C(=O)O. The molecule has 1 aromatic rings. The zero-order valence-corrected chi connectivity index (χ0v) is 10.5. The van der Waals surface area contributed by atoms with Gasteiger partial charge in [0.25, 0.3) is 11.5 Å². The van der Waals surface area contributed by atoms with Crippen molar-refractivity contribution in [2.45, 2.75) is 25.3 Å². The van der Waals surface area contributed by atoms with Gasteiger partial charge >= 0.3 is 11.9 Å². The summed E-state index contributed by atoms with van der Waals surface area (Å²) in [7, 11) is 0. The Bertz CT molecular complexity index is 565. The number of H-pyrrole nitrogens is 1. The third-order valence-corrected chi connectivity index (χ3v) is 2.55. The number of aromatic nitrogens is 1.